The van der Waals surface area contributed by atoms with Crippen LogP contribution in [0, 0.1) is 12.7 Å². The molecule has 0 aliphatic heterocycles. The molecule has 0 aromatic heterocycles. The molecule has 168 valence electrons. The minimum absolute atomic E-state index is 0.00216. The van der Waals surface area contributed by atoms with Crippen molar-refractivity contribution in [2.75, 3.05) is 19.0 Å². The van der Waals surface area contributed by atoms with Crippen molar-refractivity contribution in [3.05, 3.63) is 52.3 Å². The number of methoxy groups -OCH3 is 1. The second-order valence-corrected chi connectivity index (χ2v) is 10.4. The summed E-state index contributed by atoms with van der Waals surface area (Å²) in [5, 5.41) is 2.50. The Bertz CT molecular complexity index is 1060. The Hall–Kier alpha value is -1.97. The fourth-order valence-electron chi connectivity index (χ4n) is 3.81. The van der Waals surface area contributed by atoms with Gasteiger partial charge in [0.05, 0.1) is 19.3 Å². The summed E-state index contributed by atoms with van der Waals surface area (Å²) < 4.78 is 48.5. The van der Waals surface area contributed by atoms with Gasteiger partial charge < -0.3 is 10.1 Å². The number of carbonyl (C=O) groups is 1. The van der Waals surface area contributed by atoms with Crippen molar-refractivity contribution in [1.29, 1.82) is 0 Å². The lowest BCUT2D eigenvalue weighted by atomic mass is 9.95. The SMILES string of the molecule is COc1ccc(C)cc1S(=O)(=O)N(CC(=O)Nc1ccc(Br)cc1F)C1CCCCC1. The smallest absolute Gasteiger partial charge is 0.247 e. The van der Waals surface area contributed by atoms with E-state index in [9.17, 15) is 17.6 Å². The van der Waals surface area contributed by atoms with Crippen LogP contribution < -0.4 is 10.1 Å². The van der Waals surface area contributed by atoms with E-state index in [-0.39, 0.29) is 22.4 Å². The first-order valence-electron chi connectivity index (χ1n) is 10.1. The third-order valence-electron chi connectivity index (χ3n) is 5.39. The number of nitrogens with zero attached hydrogens (tertiary/aromatic N) is 1. The Morgan fingerprint density at radius 2 is 1.90 bits per heavy atom. The molecule has 0 atom stereocenters. The Morgan fingerprint density at radius 3 is 2.55 bits per heavy atom. The topological polar surface area (TPSA) is 75.7 Å². The third kappa shape index (κ3) is 5.64. The zero-order valence-corrected chi connectivity index (χ0v) is 19.9. The zero-order chi connectivity index (χ0) is 22.6. The van der Waals surface area contributed by atoms with Gasteiger partial charge in [-0.3, -0.25) is 4.79 Å². The lowest BCUT2D eigenvalue weighted by molar-refractivity contribution is -0.116. The number of aryl methyl sites for hydroxylation is 1. The van der Waals surface area contributed by atoms with Crippen LogP contribution >= 0.6 is 15.9 Å². The molecule has 1 aliphatic rings. The van der Waals surface area contributed by atoms with E-state index >= 15 is 0 Å². The molecule has 1 N–H and O–H groups in total. The highest BCUT2D eigenvalue weighted by Gasteiger charge is 2.36. The zero-order valence-electron chi connectivity index (χ0n) is 17.5. The first-order chi connectivity index (χ1) is 14.7. The number of anilines is 1. The first-order valence-corrected chi connectivity index (χ1v) is 12.4. The quantitative estimate of drug-likeness (QED) is 0.574. The maximum absolute atomic E-state index is 14.2. The molecule has 0 unspecified atom stereocenters. The predicted molar refractivity (Wildman–Crippen MR) is 121 cm³/mol. The molecule has 2 aromatic carbocycles. The second kappa shape index (κ2) is 10.1. The van der Waals surface area contributed by atoms with Gasteiger partial charge in [0.1, 0.15) is 16.5 Å². The lowest BCUT2D eigenvalue weighted by Gasteiger charge is -2.33. The second-order valence-electron chi connectivity index (χ2n) is 7.67. The summed E-state index contributed by atoms with van der Waals surface area (Å²) in [4.78, 5) is 12.8. The molecular formula is C22H26BrFN2O4S. The van der Waals surface area contributed by atoms with Crippen LogP contribution in [0.15, 0.2) is 45.8 Å². The standard InChI is InChI=1S/C22H26BrFN2O4S/c1-15-8-11-20(30-2)21(12-15)31(28,29)26(17-6-4-3-5-7-17)14-22(27)25-19-10-9-16(23)13-18(19)24/h8-13,17H,3-7,14H2,1-2H3,(H,25,27). The number of benzene rings is 2. The fourth-order valence-corrected chi connectivity index (χ4v) is 6.03. The van der Waals surface area contributed by atoms with Crippen molar-refractivity contribution in [2.45, 2.75) is 50.0 Å². The number of amides is 1. The largest absolute Gasteiger partial charge is 0.495 e. The van der Waals surface area contributed by atoms with Crippen molar-refractivity contribution in [3.63, 3.8) is 0 Å². The van der Waals surface area contributed by atoms with Gasteiger partial charge in [-0.15, -0.1) is 0 Å². The Labute approximate surface area is 191 Å². The molecular weight excluding hydrogens is 487 g/mol. The van der Waals surface area contributed by atoms with Crippen LogP contribution in [0.4, 0.5) is 10.1 Å². The van der Waals surface area contributed by atoms with Gasteiger partial charge in [0.15, 0.2) is 0 Å². The van der Waals surface area contributed by atoms with E-state index in [1.54, 1.807) is 31.2 Å². The van der Waals surface area contributed by atoms with Crippen LogP contribution in [0.3, 0.4) is 0 Å². The Morgan fingerprint density at radius 1 is 1.19 bits per heavy atom. The first kappa shape index (κ1) is 23.7. The van der Waals surface area contributed by atoms with Gasteiger partial charge >= 0.3 is 0 Å². The van der Waals surface area contributed by atoms with E-state index in [1.165, 1.54) is 23.5 Å². The third-order valence-corrected chi connectivity index (χ3v) is 7.81. The van der Waals surface area contributed by atoms with Gasteiger partial charge in [0, 0.05) is 10.5 Å². The molecule has 31 heavy (non-hydrogen) atoms. The molecule has 3 rings (SSSR count). The van der Waals surface area contributed by atoms with Crippen molar-refractivity contribution >= 4 is 37.5 Å². The van der Waals surface area contributed by atoms with Crippen LogP contribution in [0.5, 0.6) is 5.75 Å². The number of hydrogen-bond donors (Lipinski definition) is 1. The van der Waals surface area contributed by atoms with Crippen LogP contribution in [0.25, 0.3) is 0 Å². The lowest BCUT2D eigenvalue weighted by Crippen LogP contribution is -2.45. The molecule has 2 aromatic rings. The maximum atomic E-state index is 14.2. The van der Waals surface area contributed by atoms with Gasteiger partial charge in [-0.05, 0) is 55.7 Å². The Kier molecular flexibility index (Phi) is 7.72. The molecule has 1 amide bonds. The summed E-state index contributed by atoms with van der Waals surface area (Å²) in [6.07, 6.45) is 4.17. The van der Waals surface area contributed by atoms with E-state index in [0.717, 1.165) is 24.8 Å². The fraction of sp³-hybridized carbons (Fsp3) is 0.409. The average Bonchev–Trinajstić information content (AvgIpc) is 2.74. The van der Waals surface area contributed by atoms with Crippen molar-refractivity contribution < 1.29 is 22.3 Å². The average molecular weight is 513 g/mol. The van der Waals surface area contributed by atoms with Crippen molar-refractivity contribution in [3.8, 4) is 5.75 Å². The number of rotatable bonds is 7. The number of ether oxygens (including phenoxy) is 1. The summed E-state index contributed by atoms with van der Waals surface area (Å²) in [5.41, 5.74) is 0.770. The molecule has 0 spiro atoms. The highest BCUT2D eigenvalue weighted by atomic mass is 79.9. The summed E-state index contributed by atoms with van der Waals surface area (Å²) in [6, 6.07) is 8.90. The number of sulfonamides is 1. The number of nitrogens with one attached hydrogen (secondary N) is 1. The van der Waals surface area contributed by atoms with Crippen molar-refractivity contribution in [2.24, 2.45) is 0 Å². The summed E-state index contributed by atoms with van der Waals surface area (Å²) in [7, 11) is -2.61. The highest BCUT2D eigenvalue weighted by molar-refractivity contribution is 9.10. The Balaban J connectivity index is 1.93. The highest BCUT2D eigenvalue weighted by Crippen LogP contribution is 2.32. The van der Waals surface area contributed by atoms with Crippen LogP contribution in [0.1, 0.15) is 37.7 Å². The monoisotopic (exact) mass is 512 g/mol. The van der Waals surface area contributed by atoms with E-state index in [1.807, 2.05) is 0 Å². The number of carbonyl (C=O) groups excluding carboxylic acids is 1. The molecule has 0 radical (unpaired) electrons. The molecule has 6 nitrogen and oxygen atoms in total. The van der Waals surface area contributed by atoms with Crippen molar-refractivity contribution in [1.82, 2.24) is 4.31 Å². The van der Waals surface area contributed by atoms with Gasteiger partial charge in [-0.1, -0.05) is 41.3 Å². The summed E-state index contributed by atoms with van der Waals surface area (Å²) in [5.74, 6) is -0.970. The van der Waals surface area contributed by atoms with E-state index in [4.69, 9.17) is 4.74 Å². The predicted octanol–water partition coefficient (Wildman–Crippen LogP) is 4.87. The minimum Gasteiger partial charge on any atom is -0.495 e. The summed E-state index contributed by atoms with van der Waals surface area (Å²) >= 11 is 3.17. The maximum Gasteiger partial charge on any atom is 0.247 e. The molecule has 0 saturated heterocycles. The normalized spacial score (nSPS) is 15.1. The molecule has 9 heteroatoms. The van der Waals surface area contributed by atoms with Gasteiger partial charge in [-0.25, -0.2) is 12.8 Å². The molecule has 0 heterocycles. The van der Waals surface area contributed by atoms with E-state index in [0.29, 0.717) is 17.3 Å². The minimum atomic E-state index is -4.02. The van der Waals surface area contributed by atoms with Crippen LogP contribution in [0.2, 0.25) is 0 Å². The van der Waals surface area contributed by atoms with Crippen LogP contribution in [-0.2, 0) is 14.8 Å². The van der Waals surface area contributed by atoms with Crippen LogP contribution in [-0.4, -0.2) is 38.3 Å². The van der Waals surface area contributed by atoms with E-state index in [2.05, 4.69) is 21.2 Å². The number of halogens is 2. The molecule has 1 saturated carbocycles. The van der Waals surface area contributed by atoms with Gasteiger partial charge in [0.25, 0.3) is 0 Å². The molecule has 0 bridgehead atoms. The van der Waals surface area contributed by atoms with Gasteiger partial charge in [-0.2, -0.15) is 4.31 Å². The molecule has 1 fully saturated rings. The van der Waals surface area contributed by atoms with E-state index < -0.39 is 28.3 Å². The molecule has 1 aliphatic carbocycles. The van der Waals surface area contributed by atoms with Gasteiger partial charge in [0.2, 0.25) is 15.9 Å². The summed E-state index contributed by atoms with van der Waals surface area (Å²) in [6.45, 7) is 1.39. The number of hydrogen-bond acceptors (Lipinski definition) is 4.